The second kappa shape index (κ2) is 7.31. The minimum atomic E-state index is -0.571. The molecule has 25 heavy (non-hydrogen) atoms. The molecular formula is C19H22N2O4. The molecule has 0 bridgehead atoms. The molecule has 0 aliphatic carbocycles. The summed E-state index contributed by atoms with van der Waals surface area (Å²) in [6.07, 6.45) is 0.866. The van der Waals surface area contributed by atoms with Crippen LogP contribution in [0.2, 0.25) is 0 Å². The van der Waals surface area contributed by atoms with Gasteiger partial charge in [-0.15, -0.1) is 0 Å². The van der Waals surface area contributed by atoms with E-state index >= 15 is 0 Å². The van der Waals surface area contributed by atoms with Crippen LogP contribution < -0.4 is 10.5 Å². The first-order chi connectivity index (χ1) is 11.7. The number of aromatic nitrogens is 1. The second-order valence-corrected chi connectivity index (χ2v) is 6.56. The Kier molecular flexibility index (Phi) is 5.38. The summed E-state index contributed by atoms with van der Waals surface area (Å²) < 4.78 is 10.4. The average molecular weight is 342 g/mol. The van der Waals surface area contributed by atoms with Crippen molar-refractivity contribution in [2.75, 3.05) is 7.11 Å². The van der Waals surface area contributed by atoms with Gasteiger partial charge in [-0.25, -0.2) is 4.79 Å². The van der Waals surface area contributed by atoms with E-state index in [1.807, 2.05) is 12.1 Å². The maximum absolute atomic E-state index is 11.7. The minimum absolute atomic E-state index is 0.349. The summed E-state index contributed by atoms with van der Waals surface area (Å²) in [5.41, 5.74) is 6.80. The van der Waals surface area contributed by atoms with Crippen LogP contribution in [-0.2, 0) is 16.0 Å². The number of nitrogens with one attached hydrogen (secondary N) is 1. The quantitative estimate of drug-likeness (QED) is 0.507. The highest BCUT2D eigenvalue weighted by Gasteiger charge is 2.16. The molecule has 0 aliphatic heterocycles. The maximum atomic E-state index is 11.7. The second-order valence-electron chi connectivity index (χ2n) is 6.56. The van der Waals surface area contributed by atoms with Crippen LogP contribution in [0.4, 0.5) is 0 Å². The topological polar surface area (TPSA) is 94.4 Å². The van der Waals surface area contributed by atoms with Gasteiger partial charge in [-0.2, -0.15) is 0 Å². The van der Waals surface area contributed by atoms with Gasteiger partial charge >= 0.3 is 5.97 Å². The molecule has 1 heterocycles. The molecule has 0 saturated heterocycles. The molecule has 0 saturated carbocycles. The van der Waals surface area contributed by atoms with Gasteiger partial charge < -0.3 is 20.2 Å². The van der Waals surface area contributed by atoms with Crippen molar-refractivity contribution in [2.45, 2.75) is 39.2 Å². The van der Waals surface area contributed by atoms with Crippen LogP contribution in [0.15, 0.2) is 18.2 Å². The van der Waals surface area contributed by atoms with Crippen LogP contribution in [0, 0.1) is 11.8 Å². The van der Waals surface area contributed by atoms with Crippen molar-refractivity contribution >= 4 is 22.8 Å². The first kappa shape index (κ1) is 18.4. The van der Waals surface area contributed by atoms with Crippen molar-refractivity contribution in [1.29, 1.82) is 0 Å². The number of rotatable bonds is 4. The number of carbonyl (C=O) groups excluding carboxylic acids is 2. The van der Waals surface area contributed by atoms with Crippen LogP contribution in [-0.4, -0.2) is 29.6 Å². The van der Waals surface area contributed by atoms with Crippen LogP contribution in [0.1, 0.15) is 43.2 Å². The van der Waals surface area contributed by atoms with Gasteiger partial charge in [-0.05, 0) is 51.0 Å². The van der Waals surface area contributed by atoms with Crippen LogP contribution in [0.5, 0.6) is 5.75 Å². The zero-order valence-corrected chi connectivity index (χ0v) is 14.9. The molecule has 3 N–H and O–H groups in total. The molecule has 1 aromatic carbocycles. The third kappa shape index (κ3) is 4.77. The largest absolute Gasteiger partial charge is 0.497 e. The smallest absolute Gasteiger partial charge is 0.384 e. The first-order valence-corrected chi connectivity index (χ1v) is 7.91. The minimum Gasteiger partial charge on any atom is -0.497 e. The predicted molar refractivity (Wildman–Crippen MR) is 95.3 cm³/mol. The van der Waals surface area contributed by atoms with Crippen molar-refractivity contribution < 1.29 is 19.1 Å². The standard InChI is InChI=1S/C19H22N2O4/c1-19(2,3)25-16(22)8-6-5-7-13-14-11-12(24-4)9-10-15(14)21-17(13)18(20)23/h9-11,21H,5,7H2,1-4H3,(H2,20,23). The Balaban J connectivity index is 2.21. The van der Waals surface area contributed by atoms with Crippen molar-refractivity contribution in [3.8, 4) is 17.6 Å². The molecule has 6 heteroatoms. The zero-order valence-electron chi connectivity index (χ0n) is 14.9. The maximum Gasteiger partial charge on any atom is 0.384 e. The molecule has 2 aromatic rings. The van der Waals surface area contributed by atoms with Gasteiger partial charge in [0.05, 0.1) is 7.11 Å². The number of hydrogen-bond donors (Lipinski definition) is 2. The van der Waals surface area contributed by atoms with E-state index in [4.69, 9.17) is 15.2 Å². The van der Waals surface area contributed by atoms with Crippen molar-refractivity contribution in [3.05, 3.63) is 29.5 Å². The molecule has 0 fully saturated rings. The Bertz CT molecular complexity index is 863. The fraction of sp³-hybridized carbons (Fsp3) is 0.368. The molecule has 0 unspecified atom stereocenters. The van der Waals surface area contributed by atoms with Gasteiger partial charge in [0.25, 0.3) is 5.91 Å². The highest BCUT2D eigenvalue weighted by molar-refractivity contribution is 6.00. The van der Waals surface area contributed by atoms with Crippen LogP contribution >= 0.6 is 0 Å². The van der Waals surface area contributed by atoms with Gasteiger partial charge in [0.2, 0.25) is 0 Å². The Morgan fingerprint density at radius 3 is 2.60 bits per heavy atom. The van der Waals surface area contributed by atoms with E-state index < -0.39 is 17.5 Å². The molecule has 2 rings (SSSR count). The Hall–Kier alpha value is -2.94. The molecule has 1 aromatic heterocycles. The molecule has 0 atom stereocenters. The molecule has 6 nitrogen and oxygen atoms in total. The van der Waals surface area contributed by atoms with Crippen molar-refractivity contribution in [1.82, 2.24) is 4.98 Å². The summed E-state index contributed by atoms with van der Waals surface area (Å²) >= 11 is 0. The number of aromatic amines is 1. The number of primary amides is 1. The third-order valence-electron chi connectivity index (χ3n) is 3.45. The Morgan fingerprint density at radius 1 is 1.28 bits per heavy atom. The van der Waals surface area contributed by atoms with Gasteiger partial charge in [0.1, 0.15) is 17.0 Å². The lowest BCUT2D eigenvalue weighted by Crippen LogP contribution is -2.22. The van der Waals surface area contributed by atoms with E-state index in [2.05, 4.69) is 16.8 Å². The van der Waals surface area contributed by atoms with E-state index in [9.17, 15) is 9.59 Å². The number of methoxy groups -OCH3 is 1. The van der Waals surface area contributed by atoms with Crippen LogP contribution in [0.25, 0.3) is 10.9 Å². The van der Waals surface area contributed by atoms with E-state index in [-0.39, 0.29) is 0 Å². The van der Waals surface area contributed by atoms with E-state index in [1.54, 1.807) is 33.9 Å². The summed E-state index contributed by atoms with van der Waals surface area (Å²) in [6.45, 7) is 5.35. The number of nitrogens with two attached hydrogens (primary N) is 1. The third-order valence-corrected chi connectivity index (χ3v) is 3.45. The summed E-state index contributed by atoms with van der Waals surface area (Å²) in [7, 11) is 1.58. The number of fused-ring (bicyclic) bond motifs is 1. The summed E-state index contributed by atoms with van der Waals surface area (Å²) in [6, 6.07) is 5.47. The molecule has 0 radical (unpaired) electrons. The SMILES string of the molecule is COc1ccc2[nH]c(C(N)=O)c(CCC#CC(=O)OC(C)(C)C)c2c1. The highest BCUT2D eigenvalue weighted by atomic mass is 16.6. The Morgan fingerprint density at radius 2 is 2.00 bits per heavy atom. The first-order valence-electron chi connectivity index (χ1n) is 7.91. The summed E-state index contributed by atoms with van der Waals surface area (Å²) in [5, 5.41) is 0.854. The van der Waals surface area contributed by atoms with E-state index in [1.165, 1.54) is 0 Å². The zero-order chi connectivity index (χ0) is 18.6. The van der Waals surface area contributed by atoms with E-state index in [0.717, 1.165) is 16.5 Å². The number of esters is 1. The predicted octanol–water partition coefficient (Wildman–Crippen LogP) is 2.55. The normalized spacial score (nSPS) is 10.9. The van der Waals surface area contributed by atoms with Crippen LogP contribution in [0.3, 0.4) is 0 Å². The molecule has 0 spiro atoms. The monoisotopic (exact) mass is 342 g/mol. The van der Waals surface area contributed by atoms with Gasteiger partial charge in [0, 0.05) is 23.2 Å². The Labute approximate surface area is 146 Å². The molecular weight excluding hydrogens is 320 g/mol. The summed E-state index contributed by atoms with van der Waals surface area (Å²) in [4.78, 5) is 26.3. The number of amides is 1. The number of aryl methyl sites for hydroxylation is 1. The number of ether oxygens (including phenoxy) is 2. The molecule has 0 aliphatic rings. The average Bonchev–Trinajstić information content (AvgIpc) is 2.87. The fourth-order valence-electron chi connectivity index (χ4n) is 2.45. The van der Waals surface area contributed by atoms with Gasteiger partial charge in [-0.3, -0.25) is 4.79 Å². The summed E-state index contributed by atoms with van der Waals surface area (Å²) in [5.74, 6) is 4.82. The van der Waals surface area contributed by atoms with Crippen molar-refractivity contribution in [3.63, 3.8) is 0 Å². The number of hydrogen-bond acceptors (Lipinski definition) is 4. The number of benzene rings is 1. The highest BCUT2D eigenvalue weighted by Crippen LogP contribution is 2.27. The lowest BCUT2D eigenvalue weighted by molar-refractivity contribution is -0.147. The van der Waals surface area contributed by atoms with Gasteiger partial charge in [0.15, 0.2) is 0 Å². The van der Waals surface area contributed by atoms with E-state index in [0.29, 0.717) is 24.3 Å². The van der Waals surface area contributed by atoms with Crippen molar-refractivity contribution in [2.24, 2.45) is 5.73 Å². The lowest BCUT2D eigenvalue weighted by Gasteiger charge is -2.16. The lowest BCUT2D eigenvalue weighted by atomic mass is 10.0. The number of carbonyl (C=O) groups is 2. The molecule has 1 amide bonds. The fourth-order valence-corrected chi connectivity index (χ4v) is 2.45. The number of H-pyrrole nitrogens is 1. The molecule has 132 valence electrons. The van der Waals surface area contributed by atoms with Gasteiger partial charge in [-0.1, -0.05) is 5.92 Å².